The molecule has 0 unspecified atom stereocenters. The molecule has 0 aliphatic rings. The Hall–Kier alpha value is -4.19. The van der Waals surface area contributed by atoms with Gasteiger partial charge in [-0.3, -0.25) is 14.6 Å². The van der Waals surface area contributed by atoms with Gasteiger partial charge in [0.1, 0.15) is 0 Å². The highest BCUT2D eigenvalue weighted by Gasteiger charge is 2.11. The number of nitrogens with one attached hydrogen (secondary N) is 2. The van der Waals surface area contributed by atoms with E-state index in [0.717, 1.165) is 76.6 Å². The van der Waals surface area contributed by atoms with E-state index in [1.807, 2.05) is 75.6 Å². The lowest BCUT2D eigenvalue weighted by Crippen LogP contribution is -2.25. The first-order chi connectivity index (χ1) is 21.4. The molecule has 0 radical (unpaired) electrons. The fourth-order valence-electron chi connectivity index (χ4n) is 5.48. The minimum atomic E-state index is -0.00709. The van der Waals surface area contributed by atoms with Crippen LogP contribution in [0.3, 0.4) is 0 Å². The molecule has 0 bridgehead atoms. The van der Waals surface area contributed by atoms with Crippen LogP contribution in [0.4, 0.5) is 5.69 Å². The Morgan fingerprint density at radius 3 is 1.91 bits per heavy atom. The van der Waals surface area contributed by atoms with Gasteiger partial charge in [0.15, 0.2) is 0 Å². The van der Waals surface area contributed by atoms with Crippen molar-refractivity contribution >= 4 is 28.3 Å². The monoisotopic (exact) mass is 592 g/mol. The minimum absolute atomic E-state index is 0.00709. The van der Waals surface area contributed by atoms with Gasteiger partial charge in [-0.1, -0.05) is 81.7 Å². The normalized spacial score (nSPS) is 11.0. The molecule has 2 amide bonds. The highest BCUT2D eigenvalue weighted by Crippen LogP contribution is 2.23. The Labute approximate surface area is 263 Å². The number of pyridine rings is 1. The number of nitrogens with zero attached hydrogens (tertiary/aromatic N) is 2. The van der Waals surface area contributed by atoms with Gasteiger partial charge < -0.3 is 15.5 Å². The van der Waals surface area contributed by atoms with Crippen molar-refractivity contribution in [2.45, 2.75) is 71.1 Å². The molecule has 4 rings (SSSR count). The molecule has 2 N–H and O–H groups in total. The lowest BCUT2D eigenvalue weighted by atomic mass is 10.0. The summed E-state index contributed by atoms with van der Waals surface area (Å²) in [5.41, 5.74) is 5.42. The van der Waals surface area contributed by atoms with Crippen molar-refractivity contribution in [2.24, 2.45) is 0 Å². The van der Waals surface area contributed by atoms with E-state index in [2.05, 4.69) is 38.7 Å². The summed E-state index contributed by atoms with van der Waals surface area (Å²) >= 11 is 0. The Morgan fingerprint density at radius 2 is 1.27 bits per heavy atom. The van der Waals surface area contributed by atoms with Crippen molar-refractivity contribution in [2.75, 3.05) is 32.1 Å². The van der Waals surface area contributed by atoms with Gasteiger partial charge >= 0.3 is 0 Å². The highest BCUT2D eigenvalue weighted by molar-refractivity contribution is 5.99. The summed E-state index contributed by atoms with van der Waals surface area (Å²) in [6.07, 6.45) is 13.5. The van der Waals surface area contributed by atoms with Crippen LogP contribution < -0.4 is 15.5 Å². The quantitative estimate of drug-likeness (QED) is 0.121. The predicted octanol–water partition coefficient (Wildman–Crippen LogP) is 8.34. The lowest BCUT2D eigenvalue weighted by molar-refractivity contribution is 0.0944. The average molecular weight is 593 g/mol. The zero-order valence-electron chi connectivity index (χ0n) is 26.7. The van der Waals surface area contributed by atoms with Crippen LogP contribution in [0.5, 0.6) is 0 Å². The van der Waals surface area contributed by atoms with E-state index < -0.39 is 0 Å². The van der Waals surface area contributed by atoms with Crippen LogP contribution in [0.15, 0.2) is 79.0 Å². The Balaban J connectivity index is 0.993. The molecule has 0 fully saturated rings. The van der Waals surface area contributed by atoms with Crippen LogP contribution in [0.25, 0.3) is 22.0 Å². The number of carbonyl (C=O) groups excluding carboxylic acids is 2. The number of anilines is 1. The third kappa shape index (κ3) is 9.94. The summed E-state index contributed by atoms with van der Waals surface area (Å²) < 4.78 is 0. The standard InChI is InChI=1S/C38H48N4O2/c1-29-17-18-32(36-16-12-15-23-39-36)28-35(29)38(44)41-25-14-11-9-7-5-4-6-8-10-13-24-40-37(43)33-20-19-31-27-34(42(2)3)22-21-30(31)26-33/h12,15-23,26-28H,4-11,13-14,24-25H2,1-3H3,(H,40,43)(H,41,44). The van der Waals surface area contributed by atoms with Crippen molar-refractivity contribution in [1.82, 2.24) is 15.6 Å². The van der Waals surface area contributed by atoms with Gasteiger partial charge in [-0.25, -0.2) is 0 Å². The van der Waals surface area contributed by atoms with Gasteiger partial charge in [-0.2, -0.15) is 0 Å². The summed E-state index contributed by atoms with van der Waals surface area (Å²) in [4.78, 5) is 31.8. The minimum Gasteiger partial charge on any atom is -0.378 e. The van der Waals surface area contributed by atoms with Crippen LogP contribution in [0.1, 0.15) is 90.5 Å². The zero-order chi connectivity index (χ0) is 31.1. The summed E-state index contributed by atoms with van der Waals surface area (Å²) in [5, 5.41) is 8.41. The first-order valence-corrected chi connectivity index (χ1v) is 16.2. The van der Waals surface area contributed by atoms with Crippen molar-refractivity contribution in [1.29, 1.82) is 0 Å². The molecule has 1 aromatic heterocycles. The van der Waals surface area contributed by atoms with Crippen molar-refractivity contribution in [3.8, 4) is 11.3 Å². The molecule has 1 heterocycles. The van der Waals surface area contributed by atoms with E-state index in [9.17, 15) is 9.59 Å². The first-order valence-electron chi connectivity index (χ1n) is 16.2. The van der Waals surface area contributed by atoms with Crippen molar-refractivity contribution in [3.63, 3.8) is 0 Å². The number of fused-ring (bicyclic) bond motifs is 1. The van der Waals surface area contributed by atoms with E-state index in [1.165, 1.54) is 38.5 Å². The fourth-order valence-corrected chi connectivity index (χ4v) is 5.48. The van der Waals surface area contributed by atoms with E-state index in [0.29, 0.717) is 6.54 Å². The number of unbranched alkanes of at least 4 members (excludes halogenated alkanes) is 9. The molecule has 0 spiro atoms. The summed E-state index contributed by atoms with van der Waals surface area (Å²) in [7, 11) is 4.06. The third-order valence-electron chi connectivity index (χ3n) is 8.22. The van der Waals surface area contributed by atoms with Gasteiger partial charge in [0.2, 0.25) is 0 Å². The molecule has 0 saturated heterocycles. The van der Waals surface area contributed by atoms with Gasteiger partial charge in [-0.15, -0.1) is 0 Å². The number of rotatable bonds is 17. The van der Waals surface area contributed by atoms with Gasteiger partial charge in [0, 0.05) is 55.8 Å². The number of aromatic nitrogens is 1. The van der Waals surface area contributed by atoms with Crippen LogP contribution in [-0.2, 0) is 0 Å². The number of hydrogen-bond acceptors (Lipinski definition) is 4. The van der Waals surface area contributed by atoms with Gasteiger partial charge in [0.25, 0.3) is 11.8 Å². The Morgan fingerprint density at radius 1 is 0.659 bits per heavy atom. The van der Waals surface area contributed by atoms with Crippen LogP contribution in [0.2, 0.25) is 0 Å². The molecule has 44 heavy (non-hydrogen) atoms. The molecular formula is C38H48N4O2. The Bertz CT molecular complexity index is 1500. The highest BCUT2D eigenvalue weighted by atomic mass is 16.2. The number of carbonyl (C=O) groups is 2. The number of hydrogen-bond donors (Lipinski definition) is 2. The number of amides is 2. The molecule has 0 atom stereocenters. The average Bonchev–Trinajstić information content (AvgIpc) is 3.04. The first kappa shape index (κ1) is 32.7. The Kier molecular flexibility index (Phi) is 12.8. The second-order valence-corrected chi connectivity index (χ2v) is 11.9. The van der Waals surface area contributed by atoms with E-state index in [-0.39, 0.29) is 11.8 Å². The van der Waals surface area contributed by atoms with Gasteiger partial charge in [-0.05, 0) is 78.6 Å². The maximum atomic E-state index is 12.8. The summed E-state index contributed by atoms with van der Waals surface area (Å²) in [6.45, 7) is 3.41. The zero-order valence-corrected chi connectivity index (χ0v) is 26.7. The topological polar surface area (TPSA) is 74.3 Å². The second-order valence-electron chi connectivity index (χ2n) is 11.9. The van der Waals surface area contributed by atoms with Crippen molar-refractivity contribution < 1.29 is 9.59 Å². The molecule has 3 aromatic carbocycles. The second kappa shape index (κ2) is 17.2. The number of benzene rings is 3. The molecule has 0 aliphatic carbocycles. The molecule has 232 valence electrons. The fraction of sp³-hybridized carbons (Fsp3) is 0.395. The van der Waals surface area contributed by atoms with E-state index >= 15 is 0 Å². The smallest absolute Gasteiger partial charge is 0.251 e. The van der Waals surface area contributed by atoms with E-state index in [4.69, 9.17) is 0 Å². The third-order valence-corrected chi connectivity index (χ3v) is 8.22. The largest absolute Gasteiger partial charge is 0.378 e. The number of aryl methyl sites for hydroxylation is 1. The van der Waals surface area contributed by atoms with Gasteiger partial charge in [0.05, 0.1) is 5.69 Å². The van der Waals surface area contributed by atoms with Crippen LogP contribution >= 0.6 is 0 Å². The summed E-state index contributed by atoms with van der Waals surface area (Å²) in [6, 6.07) is 24.0. The molecular weight excluding hydrogens is 544 g/mol. The molecule has 6 nitrogen and oxygen atoms in total. The van der Waals surface area contributed by atoms with Crippen LogP contribution in [-0.4, -0.2) is 44.0 Å². The molecule has 6 heteroatoms. The lowest BCUT2D eigenvalue weighted by Gasteiger charge is -2.13. The molecule has 4 aromatic rings. The van der Waals surface area contributed by atoms with Crippen LogP contribution in [0, 0.1) is 6.92 Å². The maximum absolute atomic E-state index is 12.8. The van der Waals surface area contributed by atoms with Crippen molar-refractivity contribution in [3.05, 3.63) is 95.7 Å². The molecule has 0 saturated carbocycles. The predicted molar refractivity (Wildman–Crippen MR) is 184 cm³/mol. The SMILES string of the molecule is Cc1ccc(-c2ccccn2)cc1C(=O)NCCCCCCCCCCCCNC(=O)c1ccc2cc(N(C)C)ccc2c1. The summed E-state index contributed by atoms with van der Waals surface area (Å²) in [5.74, 6) is 0.000395. The maximum Gasteiger partial charge on any atom is 0.251 e. The van der Waals surface area contributed by atoms with E-state index in [1.54, 1.807) is 6.20 Å². The molecule has 0 aliphatic heterocycles.